The predicted octanol–water partition coefficient (Wildman–Crippen LogP) is 1.96. The van der Waals surface area contributed by atoms with Crippen LogP contribution in [0.1, 0.15) is 29.4 Å². The molecule has 1 saturated heterocycles. The number of hydrogen-bond donors (Lipinski definition) is 1. The second-order valence-electron chi connectivity index (χ2n) is 4.87. The second kappa shape index (κ2) is 5.71. The molecule has 18 heavy (non-hydrogen) atoms. The number of thiophene rings is 1. The van der Waals surface area contributed by atoms with Crippen LogP contribution in [0, 0.1) is 5.92 Å². The molecule has 0 radical (unpaired) electrons. The van der Waals surface area contributed by atoms with Crippen LogP contribution in [-0.2, 0) is 0 Å². The molecule has 1 aliphatic heterocycles. The van der Waals surface area contributed by atoms with Gasteiger partial charge in [-0.05, 0) is 18.8 Å². The van der Waals surface area contributed by atoms with Gasteiger partial charge in [0.05, 0.1) is 12.0 Å². The van der Waals surface area contributed by atoms with E-state index in [-0.39, 0.29) is 11.9 Å². The first-order valence-electron chi connectivity index (χ1n) is 6.29. The lowest BCUT2D eigenvalue weighted by molar-refractivity contribution is 0.0578. The van der Waals surface area contributed by atoms with Gasteiger partial charge in [0.2, 0.25) is 0 Å². The molecule has 2 heterocycles. The van der Waals surface area contributed by atoms with Crippen LogP contribution in [0.3, 0.4) is 0 Å². The Kier molecular flexibility index (Phi) is 4.24. The molecule has 2 unspecified atom stereocenters. The Labute approximate surface area is 112 Å². The third kappa shape index (κ3) is 2.67. The minimum Gasteiger partial charge on any atom is -0.496 e. The molecule has 4 nitrogen and oxygen atoms in total. The first-order valence-corrected chi connectivity index (χ1v) is 7.17. The summed E-state index contributed by atoms with van der Waals surface area (Å²) in [7, 11) is 1.61. The largest absolute Gasteiger partial charge is 0.496 e. The number of rotatable bonds is 3. The second-order valence-corrected chi connectivity index (χ2v) is 5.78. The summed E-state index contributed by atoms with van der Waals surface area (Å²) in [6.45, 7) is 3.57. The van der Waals surface area contributed by atoms with Gasteiger partial charge in [-0.3, -0.25) is 4.79 Å². The van der Waals surface area contributed by atoms with Crippen LogP contribution in [0.15, 0.2) is 11.4 Å². The summed E-state index contributed by atoms with van der Waals surface area (Å²) < 4.78 is 5.12. The highest BCUT2D eigenvalue weighted by Crippen LogP contribution is 2.27. The normalized spacial score (nSPS) is 24.1. The number of amides is 1. The number of methoxy groups -OCH3 is 1. The van der Waals surface area contributed by atoms with E-state index in [1.807, 2.05) is 10.3 Å². The third-order valence-corrected chi connectivity index (χ3v) is 4.43. The summed E-state index contributed by atoms with van der Waals surface area (Å²) in [6.07, 6.45) is 2.06. The van der Waals surface area contributed by atoms with E-state index in [2.05, 4.69) is 6.92 Å². The lowest BCUT2D eigenvalue weighted by Gasteiger charge is -2.37. The van der Waals surface area contributed by atoms with E-state index in [9.17, 15) is 4.79 Å². The van der Waals surface area contributed by atoms with E-state index >= 15 is 0 Å². The van der Waals surface area contributed by atoms with Gasteiger partial charge in [-0.2, -0.15) is 0 Å². The maximum Gasteiger partial charge on any atom is 0.264 e. The van der Waals surface area contributed by atoms with Gasteiger partial charge in [0.25, 0.3) is 5.91 Å². The summed E-state index contributed by atoms with van der Waals surface area (Å²) in [4.78, 5) is 15.1. The van der Waals surface area contributed by atoms with Gasteiger partial charge in [0.1, 0.15) is 5.75 Å². The Hall–Kier alpha value is -1.07. The molecule has 100 valence electrons. The molecule has 0 aliphatic carbocycles. The number of carbonyl (C=O) groups excluding carboxylic acids is 1. The molecular formula is C13H20N2O2S. The fourth-order valence-electron chi connectivity index (χ4n) is 2.42. The van der Waals surface area contributed by atoms with E-state index in [4.69, 9.17) is 10.5 Å². The molecular weight excluding hydrogens is 248 g/mol. The molecule has 0 saturated carbocycles. The molecule has 2 atom stereocenters. The topological polar surface area (TPSA) is 55.6 Å². The summed E-state index contributed by atoms with van der Waals surface area (Å²) >= 11 is 1.43. The first-order chi connectivity index (χ1) is 8.65. The van der Waals surface area contributed by atoms with Crippen LogP contribution in [0.25, 0.3) is 0 Å². The van der Waals surface area contributed by atoms with Crippen LogP contribution >= 0.6 is 11.3 Å². The zero-order chi connectivity index (χ0) is 13.1. The number of ether oxygens (including phenoxy) is 1. The molecule has 1 aliphatic rings. The van der Waals surface area contributed by atoms with Gasteiger partial charge in [-0.25, -0.2) is 0 Å². The van der Waals surface area contributed by atoms with Crippen molar-refractivity contribution in [2.45, 2.75) is 25.8 Å². The van der Waals surface area contributed by atoms with Crippen molar-refractivity contribution in [1.82, 2.24) is 4.90 Å². The van der Waals surface area contributed by atoms with E-state index in [0.29, 0.717) is 12.5 Å². The van der Waals surface area contributed by atoms with Crippen molar-refractivity contribution in [2.75, 3.05) is 20.2 Å². The molecule has 2 N–H and O–H groups in total. The third-order valence-electron chi connectivity index (χ3n) is 3.53. The molecule has 0 spiro atoms. The summed E-state index contributed by atoms with van der Waals surface area (Å²) in [5, 5.41) is 1.86. The van der Waals surface area contributed by atoms with Gasteiger partial charge in [-0.1, -0.05) is 6.92 Å². The van der Waals surface area contributed by atoms with Gasteiger partial charge in [0, 0.05) is 30.6 Å². The van der Waals surface area contributed by atoms with Crippen molar-refractivity contribution >= 4 is 17.2 Å². The molecule has 2 rings (SSSR count). The molecule has 5 heteroatoms. The summed E-state index contributed by atoms with van der Waals surface area (Å²) in [5.74, 6) is 1.49. The Morgan fingerprint density at radius 2 is 2.44 bits per heavy atom. The first kappa shape index (κ1) is 13.4. The summed E-state index contributed by atoms with van der Waals surface area (Å²) in [6, 6.07) is 1.98. The minimum atomic E-state index is 0.0886. The van der Waals surface area contributed by atoms with Gasteiger partial charge < -0.3 is 15.4 Å². The quantitative estimate of drug-likeness (QED) is 0.911. The van der Waals surface area contributed by atoms with E-state index in [0.717, 1.165) is 30.0 Å². The van der Waals surface area contributed by atoms with Crippen LogP contribution in [-0.4, -0.2) is 37.0 Å². The van der Waals surface area contributed by atoms with Gasteiger partial charge >= 0.3 is 0 Å². The molecule has 0 bridgehead atoms. The minimum absolute atomic E-state index is 0.0886. The monoisotopic (exact) mass is 268 g/mol. The van der Waals surface area contributed by atoms with Crippen LogP contribution in [0.4, 0.5) is 0 Å². The van der Waals surface area contributed by atoms with E-state index in [1.165, 1.54) is 11.3 Å². The van der Waals surface area contributed by atoms with Crippen molar-refractivity contribution < 1.29 is 9.53 Å². The zero-order valence-electron chi connectivity index (χ0n) is 10.9. The lowest BCUT2D eigenvalue weighted by Crippen LogP contribution is -2.49. The van der Waals surface area contributed by atoms with Gasteiger partial charge in [-0.15, -0.1) is 11.3 Å². The molecule has 1 fully saturated rings. The Bertz CT molecular complexity index is 419. The highest BCUT2D eigenvalue weighted by Gasteiger charge is 2.30. The average molecular weight is 268 g/mol. The van der Waals surface area contributed by atoms with Crippen molar-refractivity contribution in [3.8, 4) is 5.75 Å². The number of carbonyl (C=O) groups is 1. The molecule has 1 aromatic heterocycles. The van der Waals surface area contributed by atoms with Crippen molar-refractivity contribution in [1.29, 1.82) is 0 Å². The van der Waals surface area contributed by atoms with Gasteiger partial charge in [0.15, 0.2) is 0 Å². The zero-order valence-corrected chi connectivity index (χ0v) is 11.7. The number of piperidine rings is 1. The highest BCUT2D eigenvalue weighted by atomic mass is 32.1. The maximum absolute atomic E-state index is 12.4. The Morgan fingerprint density at radius 3 is 3.06 bits per heavy atom. The lowest BCUT2D eigenvalue weighted by atomic mass is 9.92. The number of nitrogens with two attached hydrogens (primary N) is 1. The number of hydrogen-bond acceptors (Lipinski definition) is 4. The van der Waals surface area contributed by atoms with Crippen LogP contribution in [0.2, 0.25) is 0 Å². The average Bonchev–Trinajstić information content (AvgIpc) is 2.86. The molecule has 1 aromatic rings. The standard InChI is InChI=1S/C13H20N2O2S/c1-9-3-4-15(10(5-9)7-14)13(16)12-6-11(17-2)8-18-12/h6,8-10H,3-5,7,14H2,1-2H3. The number of nitrogens with zero attached hydrogens (tertiary/aromatic N) is 1. The fraction of sp³-hybridized carbons (Fsp3) is 0.615. The fourth-order valence-corrected chi connectivity index (χ4v) is 3.23. The van der Waals surface area contributed by atoms with Crippen LogP contribution in [0.5, 0.6) is 5.75 Å². The highest BCUT2D eigenvalue weighted by molar-refractivity contribution is 7.12. The van der Waals surface area contributed by atoms with E-state index < -0.39 is 0 Å². The Morgan fingerprint density at radius 1 is 1.67 bits per heavy atom. The number of likely N-dealkylation sites (tertiary alicyclic amines) is 1. The smallest absolute Gasteiger partial charge is 0.264 e. The van der Waals surface area contributed by atoms with Crippen LogP contribution < -0.4 is 10.5 Å². The van der Waals surface area contributed by atoms with Crippen molar-refractivity contribution in [3.05, 3.63) is 16.3 Å². The molecule has 0 aromatic carbocycles. The van der Waals surface area contributed by atoms with E-state index in [1.54, 1.807) is 13.2 Å². The maximum atomic E-state index is 12.4. The van der Waals surface area contributed by atoms with Crippen molar-refractivity contribution in [3.63, 3.8) is 0 Å². The SMILES string of the molecule is COc1csc(C(=O)N2CCC(C)CC2CN)c1. The van der Waals surface area contributed by atoms with Crippen molar-refractivity contribution in [2.24, 2.45) is 11.7 Å². The Balaban J connectivity index is 2.11. The predicted molar refractivity (Wildman–Crippen MR) is 73.1 cm³/mol. The summed E-state index contributed by atoms with van der Waals surface area (Å²) in [5.41, 5.74) is 5.79. The molecule has 1 amide bonds.